The van der Waals surface area contributed by atoms with Crippen molar-refractivity contribution in [1.82, 2.24) is 15.0 Å². The fourth-order valence-electron chi connectivity index (χ4n) is 2.12. The van der Waals surface area contributed by atoms with Crippen LogP contribution in [0.25, 0.3) is 11.0 Å². The molecule has 0 saturated heterocycles. The van der Waals surface area contributed by atoms with Crippen LogP contribution in [0.1, 0.15) is 5.56 Å². The fourth-order valence-corrected chi connectivity index (χ4v) is 2.12. The van der Waals surface area contributed by atoms with Crippen molar-refractivity contribution in [3.8, 4) is 0 Å². The summed E-state index contributed by atoms with van der Waals surface area (Å²) < 4.78 is 35.2. The molecule has 0 aliphatic heterocycles. The molecule has 27 heavy (non-hydrogen) atoms. The number of rotatable bonds is 4. The van der Waals surface area contributed by atoms with Crippen LogP contribution in [0.2, 0.25) is 0 Å². The molecular weight excluding hydrogens is 369 g/mol. The number of benzene rings is 1. The molecule has 3 rings (SSSR count). The summed E-state index contributed by atoms with van der Waals surface area (Å²) in [5.74, 6) is -3.85. The third-order valence-electron chi connectivity index (χ3n) is 3.22. The highest BCUT2D eigenvalue weighted by atomic mass is 19.4. The molecule has 2 heterocycles. The van der Waals surface area contributed by atoms with E-state index in [-0.39, 0.29) is 6.42 Å². The smallest absolute Gasteiger partial charge is 0.430 e. The number of hydrogen-bond acceptors (Lipinski definition) is 5. The minimum atomic E-state index is -5.19. The van der Waals surface area contributed by atoms with E-state index < -0.39 is 18.1 Å². The molecule has 1 N–H and O–H groups in total. The number of pyridine rings is 1. The Labute approximate surface area is 150 Å². The third-order valence-corrected chi connectivity index (χ3v) is 3.22. The van der Waals surface area contributed by atoms with Gasteiger partial charge in [0.05, 0.1) is 11.9 Å². The highest BCUT2D eigenvalue weighted by molar-refractivity contribution is 5.73. The number of carbonyl (C=O) groups excluding carboxylic acids is 1. The summed E-state index contributed by atoms with van der Waals surface area (Å²) in [5.41, 5.74) is 2.54. The van der Waals surface area contributed by atoms with Gasteiger partial charge in [-0.3, -0.25) is 4.79 Å². The molecule has 0 spiro atoms. The first kappa shape index (κ1) is 19.8. The van der Waals surface area contributed by atoms with E-state index in [1.807, 2.05) is 47.3 Å². The van der Waals surface area contributed by atoms with Crippen LogP contribution in [0.4, 0.5) is 13.2 Å². The third kappa shape index (κ3) is 5.76. The first-order chi connectivity index (χ1) is 12.7. The molecule has 0 unspecified atom stereocenters. The topological polar surface area (TPSA) is 112 Å². The average Bonchev–Trinajstić information content (AvgIpc) is 2.97. The van der Waals surface area contributed by atoms with Gasteiger partial charge in [0, 0.05) is 11.6 Å². The molecule has 0 aliphatic carbocycles. The number of aliphatic carboxylic acids is 2. The highest BCUT2D eigenvalue weighted by Crippen LogP contribution is 2.11. The second kappa shape index (κ2) is 8.25. The van der Waals surface area contributed by atoms with E-state index in [2.05, 4.69) is 10.3 Å². The van der Waals surface area contributed by atoms with Gasteiger partial charge in [-0.05, 0) is 18.2 Å². The lowest BCUT2D eigenvalue weighted by atomic mass is 10.2. The van der Waals surface area contributed by atoms with Crippen molar-refractivity contribution in [3.63, 3.8) is 0 Å². The largest absolute Gasteiger partial charge is 0.542 e. The van der Waals surface area contributed by atoms with Crippen LogP contribution in [0.15, 0.2) is 48.8 Å². The van der Waals surface area contributed by atoms with E-state index >= 15 is 0 Å². The summed E-state index contributed by atoms with van der Waals surface area (Å²) in [7, 11) is 0. The van der Waals surface area contributed by atoms with Crippen LogP contribution >= 0.6 is 0 Å². The summed E-state index contributed by atoms with van der Waals surface area (Å²) in [6, 6.07) is 11.3. The van der Waals surface area contributed by atoms with Gasteiger partial charge in [-0.1, -0.05) is 17.3 Å². The molecule has 142 valence electrons. The molecule has 1 aromatic carbocycles. The Morgan fingerprint density at radius 3 is 2.48 bits per heavy atom. The van der Waals surface area contributed by atoms with Crippen molar-refractivity contribution in [1.29, 1.82) is 0 Å². The zero-order valence-electron chi connectivity index (χ0n) is 13.6. The Morgan fingerprint density at radius 2 is 1.85 bits per heavy atom. The Kier molecular flexibility index (Phi) is 6.06. The van der Waals surface area contributed by atoms with Gasteiger partial charge in [-0.25, -0.2) is 0 Å². The van der Waals surface area contributed by atoms with E-state index in [0.29, 0.717) is 6.67 Å². The Bertz CT molecular complexity index is 956. The van der Waals surface area contributed by atoms with Crippen LogP contribution < -0.4 is 9.67 Å². The Morgan fingerprint density at radius 1 is 1.19 bits per heavy atom. The highest BCUT2D eigenvalue weighted by Gasteiger charge is 2.28. The Balaban J connectivity index is 0.000000321. The van der Waals surface area contributed by atoms with Gasteiger partial charge in [0.2, 0.25) is 6.67 Å². The summed E-state index contributed by atoms with van der Waals surface area (Å²) in [5, 5.41) is 25.8. The van der Waals surface area contributed by atoms with Crippen LogP contribution in [0.5, 0.6) is 0 Å². The molecular formula is C16H13F3N4O4. The zero-order valence-corrected chi connectivity index (χ0v) is 13.6. The van der Waals surface area contributed by atoms with Gasteiger partial charge in [-0.15, -0.1) is 5.10 Å². The molecule has 8 nitrogen and oxygen atoms in total. The van der Waals surface area contributed by atoms with Crippen LogP contribution in [0.3, 0.4) is 0 Å². The van der Waals surface area contributed by atoms with Gasteiger partial charge < -0.3 is 15.0 Å². The summed E-state index contributed by atoms with van der Waals surface area (Å²) in [6.07, 6.45) is -1.49. The molecule has 0 bridgehead atoms. The van der Waals surface area contributed by atoms with E-state index in [0.717, 1.165) is 16.6 Å². The normalized spacial score (nSPS) is 10.9. The van der Waals surface area contributed by atoms with Crippen molar-refractivity contribution < 1.29 is 37.5 Å². The molecule has 3 aromatic rings. The van der Waals surface area contributed by atoms with Crippen LogP contribution in [-0.2, 0) is 22.7 Å². The lowest BCUT2D eigenvalue weighted by Crippen LogP contribution is -2.37. The maximum Gasteiger partial charge on any atom is 0.430 e. The number of carboxylic acids is 2. The maximum absolute atomic E-state index is 10.7. The van der Waals surface area contributed by atoms with Crippen LogP contribution in [0, 0.1) is 0 Å². The first-order valence-corrected chi connectivity index (χ1v) is 7.43. The number of fused-ring (bicyclic) bond motifs is 1. The lowest BCUT2D eigenvalue weighted by Gasteiger charge is -2.03. The summed E-state index contributed by atoms with van der Waals surface area (Å²) in [4.78, 5) is 19.5. The first-order valence-electron chi connectivity index (χ1n) is 7.43. The number of aromatic nitrogens is 4. The minimum Gasteiger partial charge on any atom is -0.542 e. The standard InChI is InChI=1S/C14H12N4O2.C2HF3O2/c19-14(20)8-11-4-3-7-17(9-11)10-18-13-6-2-1-5-12(13)15-16-18;3-2(4,5)1(6)7/h1-7,9H,8,10H2;(H,6,7). The monoisotopic (exact) mass is 382 g/mol. The predicted molar refractivity (Wildman–Crippen MR) is 82.0 cm³/mol. The van der Waals surface area contributed by atoms with Gasteiger partial charge in [-0.2, -0.15) is 22.4 Å². The second-order valence-corrected chi connectivity index (χ2v) is 5.30. The molecule has 2 aromatic heterocycles. The number of hydrogen-bond donors (Lipinski definition) is 1. The van der Waals surface area contributed by atoms with E-state index in [4.69, 9.17) is 15.0 Å². The van der Waals surface area contributed by atoms with Gasteiger partial charge in [0.15, 0.2) is 12.4 Å². The number of nitrogens with zero attached hydrogens (tertiary/aromatic N) is 4. The van der Waals surface area contributed by atoms with Gasteiger partial charge in [0.1, 0.15) is 11.5 Å². The molecule has 0 radical (unpaired) electrons. The number of para-hydroxylation sites is 1. The number of carboxylic acid groups (broad SMARTS) is 2. The van der Waals surface area contributed by atoms with E-state index in [1.165, 1.54) is 0 Å². The van der Waals surface area contributed by atoms with Crippen molar-refractivity contribution in [3.05, 3.63) is 54.4 Å². The SMILES string of the molecule is O=C(O)Cc1ccc[n+](Cn2nnc3ccccc32)c1.O=C([O-])C(F)(F)F. The van der Waals surface area contributed by atoms with Gasteiger partial charge >= 0.3 is 12.1 Å². The predicted octanol–water partition coefficient (Wildman–Crippen LogP) is 0.150. The number of alkyl halides is 3. The van der Waals surface area contributed by atoms with Gasteiger partial charge in [0.25, 0.3) is 0 Å². The number of halogens is 3. The van der Waals surface area contributed by atoms with Crippen molar-refractivity contribution in [2.75, 3.05) is 0 Å². The molecule has 0 amide bonds. The van der Waals surface area contributed by atoms with Crippen molar-refractivity contribution in [2.24, 2.45) is 0 Å². The minimum absolute atomic E-state index is 0.0128. The molecule has 0 fully saturated rings. The quantitative estimate of drug-likeness (QED) is 0.643. The lowest BCUT2D eigenvalue weighted by molar-refractivity contribution is -0.702. The van der Waals surface area contributed by atoms with E-state index in [1.54, 1.807) is 10.7 Å². The fraction of sp³-hybridized carbons (Fsp3) is 0.188. The van der Waals surface area contributed by atoms with Crippen LogP contribution in [-0.4, -0.2) is 38.2 Å². The zero-order chi connectivity index (χ0) is 20.0. The Hall–Kier alpha value is -3.50. The molecule has 0 aliphatic rings. The summed E-state index contributed by atoms with van der Waals surface area (Å²) >= 11 is 0. The number of carbonyl (C=O) groups is 2. The van der Waals surface area contributed by atoms with Crippen molar-refractivity contribution in [2.45, 2.75) is 19.3 Å². The molecule has 11 heteroatoms. The second-order valence-electron chi connectivity index (χ2n) is 5.30. The van der Waals surface area contributed by atoms with Crippen molar-refractivity contribution >= 4 is 23.0 Å². The van der Waals surface area contributed by atoms with E-state index in [9.17, 15) is 18.0 Å². The maximum atomic E-state index is 10.7. The molecule has 0 saturated carbocycles. The summed E-state index contributed by atoms with van der Waals surface area (Å²) in [6.45, 7) is 0.494. The average molecular weight is 382 g/mol. The molecule has 0 atom stereocenters.